The van der Waals surface area contributed by atoms with E-state index in [1.807, 2.05) is 0 Å². The number of rotatable bonds is 3. The zero-order valence-electron chi connectivity index (χ0n) is 11.3. The van der Waals surface area contributed by atoms with Gasteiger partial charge in [-0.1, -0.05) is 0 Å². The van der Waals surface area contributed by atoms with Gasteiger partial charge >= 0.3 is 0 Å². The molecule has 0 saturated carbocycles. The third kappa shape index (κ3) is 3.36. The number of nitrogens with one attached hydrogen (secondary N) is 2. The van der Waals surface area contributed by atoms with Crippen LogP contribution >= 0.6 is 0 Å². The molecule has 2 aromatic rings. The van der Waals surface area contributed by atoms with Gasteiger partial charge in [0.05, 0.1) is 5.56 Å². The Kier molecular flexibility index (Phi) is 4.18. The molecule has 6 heteroatoms. The molecular formula is C15H14FN3O2. The van der Waals surface area contributed by atoms with Crippen molar-refractivity contribution >= 4 is 23.2 Å². The first-order chi connectivity index (χ1) is 10.0. The van der Waals surface area contributed by atoms with Crippen molar-refractivity contribution in [3.8, 4) is 0 Å². The minimum absolute atomic E-state index is 0.134. The number of nitrogen functional groups attached to an aromatic ring is 1. The summed E-state index contributed by atoms with van der Waals surface area (Å²) in [5.41, 5.74) is 6.62. The van der Waals surface area contributed by atoms with Gasteiger partial charge in [-0.3, -0.25) is 9.59 Å². The van der Waals surface area contributed by atoms with Gasteiger partial charge in [-0.05, 0) is 42.5 Å². The highest BCUT2D eigenvalue weighted by Crippen LogP contribution is 2.15. The summed E-state index contributed by atoms with van der Waals surface area (Å²) in [6.45, 7) is 0. The molecule has 0 aliphatic heterocycles. The predicted molar refractivity (Wildman–Crippen MR) is 78.6 cm³/mol. The van der Waals surface area contributed by atoms with Crippen molar-refractivity contribution in [2.75, 3.05) is 18.1 Å². The van der Waals surface area contributed by atoms with Crippen LogP contribution in [0.5, 0.6) is 0 Å². The normalized spacial score (nSPS) is 10.0. The summed E-state index contributed by atoms with van der Waals surface area (Å²) in [5.74, 6) is -1.48. The molecule has 0 atom stereocenters. The quantitative estimate of drug-likeness (QED) is 0.755. The SMILES string of the molecule is CNC(=O)c1ccc(NC(=O)c2cc(N)ccc2F)cc1. The summed E-state index contributed by atoms with van der Waals surface area (Å²) < 4.78 is 13.6. The van der Waals surface area contributed by atoms with Gasteiger partial charge in [0.1, 0.15) is 5.82 Å². The Hall–Kier alpha value is -2.89. The van der Waals surface area contributed by atoms with Crippen molar-refractivity contribution in [2.45, 2.75) is 0 Å². The van der Waals surface area contributed by atoms with Crippen molar-refractivity contribution in [3.05, 3.63) is 59.4 Å². The lowest BCUT2D eigenvalue weighted by Crippen LogP contribution is -2.18. The molecule has 2 aromatic carbocycles. The largest absolute Gasteiger partial charge is 0.399 e. The lowest BCUT2D eigenvalue weighted by atomic mass is 10.1. The van der Waals surface area contributed by atoms with Crippen molar-refractivity contribution < 1.29 is 14.0 Å². The third-order valence-corrected chi connectivity index (χ3v) is 2.87. The van der Waals surface area contributed by atoms with E-state index < -0.39 is 11.7 Å². The number of halogens is 1. The Labute approximate surface area is 121 Å². The molecular weight excluding hydrogens is 273 g/mol. The molecule has 0 aliphatic carbocycles. The molecule has 0 aliphatic rings. The van der Waals surface area contributed by atoms with Crippen molar-refractivity contribution in [3.63, 3.8) is 0 Å². The lowest BCUT2D eigenvalue weighted by molar-refractivity contribution is 0.0962. The van der Waals surface area contributed by atoms with E-state index in [0.29, 0.717) is 16.9 Å². The maximum Gasteiger partial charge on any atom is 0.258 e. The molecule has 0 saturated heterocycles. The number of anilines is 2. The van der Waals surface area contributed by atoms with Crippen molar-refractivity contribution in [1.82, 2.24) is 5.32 Å². The standard InChI is InChI=1S/C15H14FN3O2/c1-18-14(20)9-2-5-11(6-3-9)19-15(21)12-8-10(17)4-7-13(12)16/h2-8H,17H2,1H3,(H,18,20)(H,19,21). The van der Waals surface area contributed by atoms with E-state index in [-0.39, 0.29) is 11.5 Å². The minimum atomic E-state index is -0.649. The first-order valence-corrected chi connectivity index (χ1v) is 6.20. The fourth-order valence-corrected chi connectivity index (χ4v) is 1.76. The zero-order valence-corrected chi connectivity index (χ0v) is 11.3. The minimum Gasteiger partial charge on any atom is -0.399 e. The van der Waals surface area contributed by atoms with Gasteiger partial charge in [0.2, 0.25) is 0 Å². The molecule has 0 unspecified atom stereocenters. The smallest absolute Gasteiger partial charge is 0.258 e. The van der Waals surface area contributed by atoms with E-state index >= 15 is 0 Å². The Morgan fingerprint density at radius 2 is 1.71 bits per heavy atom. The van der Waals surface area contributed by atoms with Gasteiger partial charge in [0, 0.05) is 24.0 Å². The summed E-state index contributed by atoms with van der Waals surface area (Å²) in [6, 6.07) is 10.0. The number of hydrogen-bond acceptors (Lipinski definition) is 3. The van der Waals surface area contributed by atoms with Gasteiger partial charge < -0.3 is 16.4 Å². The molecule has 0 aromatic heterocycles. The molecule has 5 nitrogen and oxygen atoms in total. The van der Waals surface area contributed by atoms with Crippen LogP contribution in [0.1, 0.15) is 20.7 Å². The maximum absolute atomic E-state index is 13.6. The van der Waals surface area contributed by atoms with Crippen LogP contribution in [-0.2, 0) is 0 Å². The molecule has 0 spiro atoms. The number of carbonyl (C=O) groups excluding carboxylic acids is 2. The van der Waals surface area contributed by atoms with Crippen LogP contribution in [0.4, 0.5) is 15.8 Å². The Morgan fingerprint density at radius 3 is 2.33 bits per heavy atom. The van der Waals surface area contributed by atoms with Crippen LogP contribution in [0, 0.1) is 5.82 Å². The predicted octanol–water partition coefficient (Wildman–Crippen LogP) is 2.02. The third-order valence-electron chi connectivity index (χ3n) is 2.87. The summed E-state index contributed by atoms with van der Waals surface area (Å²) >= 11 is 0. The van der Waals surface area contributed by atoms with Gasteiger partial charge in [-0.15, -0.1) is 0 Å². The van der Waals surface area contributed by atoms with Crippen LogP contribution in [-0.4, -0.2) is 18.9 Å². The van der Waals surface area contributed by atoms with Gasteiger partial charge in [-0.2, -0.15) is 0 Å². The van der Waals surface area contributed by atoms with E-state index in [0.717, 1.165) is 6.07 Å². The Balaban J connectivity index is 2.16. The average molecular weight is 287 g/mol. The molecule has 2 rings (SSSR count). The fourth-order valence-electron chi connectivity index (χ4n) is 1.76. The summed E-state index contributed by atoms with van der Waals surface area (Å²) in [4.78, 5) is 23.4. The lowest BCUT2D eigenvalue weighted by Gasteiger charge is -2.07. The second-order valence-corrected chi connectivity index (χ2v) is 4.35. The van der Waals surface area contributed by atoms with E-state index in [2.05, 4.69) is 10.6 Å². The fraction of sp³-hybridized carbons (Fsp3) is 0.0667. The molecule has 0 radical (unpaired) electrons. The highest BCUT2D eigenvalue weighted by molar-refractivity contribution is 6.05. The maximum atomic E-state index is 13.6. The molecule has 2 amide bonds. The Bertz CT molecular complexity index is 684. The molecule has 0 bridgehead atoms. The van der Waals surface area contributed by atoms with Crippen LogP contribution in [0.3, 0.4) is 0 Å². The molecule has 21 heavy (non-hydrogen) atoms. The number of hydrogen-bond donors (Lipinski definition) is 3. The van der Waals surface area contributed by atoms with Gasteiger partial charge in [-0.25, -0.2) is 4.39 Å². The molecule has 108 valence electrons. The van der Waals surface area contributed by atoms with E-state index in [1.54, 1.807) is 24.3 Å². The Morgan fingerprint density at radius 1 is 1.05 bits per heavy atom. The number of benzene rings is 2. The van der Waals surface area contributed by atoms with Crippen LogP contribution in [0.15, 0.2) is 42.5 Å². The van der Waals surface area contributed by atoms with Crippen LogP contribution in [0.2, 0.25) is 0 Å². The topological polar surface area (TPSA) is 84.2 Å². The van der Waals surface area contributed by atoms with Crippen LogP contribution < -0.4 is 16.4 Å². The van der Waals surface area contributed by atoms with E-state index in [9.17, 15) is 14.0 Å². The first kappa shape index (κ1) is 14.5. The highest BCUT2D eigenvalue weighted by Gasteiger charge is 2.12. The number of nitrogens with two attached hydrogens (primary N) is 1. The summed E-state index contributed by atoms with van der Waals surface area (Å²) in [6.07, 6.45) is 0. The second-order valence-electron chi connectivity index (χ2n) is 4.35. The van der Waals surface area contributed by atoms with E-state index in [4.69, 9.17) is 5.73 Å². The van der Waals surface area contributed by atoms with E-state index in [1.165, 1.54) is 19.2 Å². The monoisotopic (exact) mass is 287 g/mol. The van der Waals surface area contributed by atoms with Crippen LogP contribution in [0.25, 0.3) is 0 Å². The number of carbonyl (C=O) groups is 2. The van der Waals surface area contributed by atoms with Crippen molar-refractivity contribution in [2.24, 2.45) is 0 Å². The molecule has 0 fully saturated rings. The first-order valence-electron chi connectivity index (χ1n) is 6.20. The zero-order chi connectivity index (χ0) is 15.4. The molecule has 4 N–H and O–H groups in total. The summed E-state index contributed by atoms with van der Waals surface area (Å²) in [7, 11) is 1.53. The summed E-state index contributed by atoms with van der Waals surface area (Å²) in [5, 5.41) is 5.04. The van der Waals surface area contributed by atoms with Gasteiger partial charge in [0.25, 0.3) is 11.8 Å². The second kappa shape index (κ2) is 6.04. The average Bonchev–Trinajstić information content (AvgIpc) is 2.49. The highest BCUT2D eigenvalue weighted by atomic mass is 19.1. The number of amides is 2. The van der Waals surface area contributed by atoms with Crippen molar-refractivity contribution in [1.29, 1.82) is 0 Å². The molecule has 0 heterocycles. The van der Waals surface area contributed by atoms with Gasteiger partial charge in [0.15, 0.2) is 0 Å².